The Morgan fingerprint density at radius 1 is 0.750 bits per heavy atom. The molecule has 2 aromatic rings. The van der Waals surface area contributed by atoms with Crippen LogP contribution in [-0.4, -0.2) is 45.3 Å². The summed E-state index contributed by atoms with van der Waals surface area (Å²) in [5, 5.41) is 18.9. The first-order chi connectivity index (χ1) is 10.9. The van der Waals surface area contributed by atoms with E-state index in [0.29, 0.717) is 0 Å². The number of phenolic OH excluding ortho intramolecular Hbond substituents is 2. The van der Waals surface area contributed by atoms with Crippen molar-refractivity contribution in [2.45, 2.75) is 9.79 Å². The zero-order valence-electron chi connectivity index (χ0n) is 12.7. The zero-order valence-corrected chi connectivity index (χ0v) is 14.3. The lowest BCUT2D eigenvalue weighted by Crippen LogP contribution is -2.13. The first-order valence-electron chi connectivity index (χ1n) is 6.52. The second-order valence-electron chi connectivity index (χ2n) is 5.23. The molecule has 7 nitrogen and oxygen atoms in total. The molecule has 2 aromatic carbocycles. The molecule has 0 atom stereocenters. The van der Waals surface area contributed by atoms with E-state index >= 15 is 0 Å². The number of phenols is 2. The van der Waals surface area contributed by atoms with Crippen molar-refractivity contribution in [2.24, 2.45) is 0 Å². The molecule has 0 aliphatic carbocycles. The third-order valence-corrected chi connectivity index (χ3v) is 5.49. The first-order valence-corrected chi connectivity index (χ1v) is 10.3. The summed E-state index contributed by atoms with van der Waals surface area (Å²) in [7, 11) is -7.69. The molecule has 0 aliphatic heterocycles. The van der Waals surface area contributed by atoms with Crippen molar-refractivity contribution in [1.82, 2.24) is 0 Å². The minimum atomic E-state index is -3.85. The number of ketones is 1. The van der Waals surface area contributed by atoms with Gasteiger partial charge in [-0.3, -0.25) is 4.79 Å². The number of hydrogen-bond donors (Lipinski definition) is 2. The highest BCUT2D eigenvalue weighted by Crippen LogP contribution is 2.28. The highest BCUT2D eigenvalue weighted by atomic mass is 32.2. The van der Waals surface area contributed by atoms with E-state index in [2.05, 4.69) is 0 Å². The maximum Gasteiger partial charge on any atom is 0.195 e. The van der Waals surface area contributed by atoms with Crippen LogP contribution >= 0.6 is 0 Å². The number of carbonyl (C=O) groups is 1. The van der Waals surface area contributed by atoms with E-state index in [0.717, 1.165) is 48.9 Å². The van der Waals surface area contributed by atoms with Crippen molar-refractivity contribution >= 4 is 25.5 Å². The standard InChI is InChI=1S/C15H14O7S2/c1-23(19,20)13-7-9(16)3-5-11(13)15(18)12-6-4-10(17)8-14(12)24(2,21)22/h3-8,16-17H,1-2H3. The second kappa shape index (κ2) is 5.91. The number of benzene rings is 2. The molecule has 0 aliphatic rings. The van der Waals surface area contributed by atoms with Crippen molar-refractivity contribution in [3.8, 4) is 11.5 Å². The van der Waals surface area contributed by atoms with Crippen molar-refractivity contribution < 1.29 is 31.8 Å². The molecule has 9 heteroatoms. The van der Waals surface area contributed by atoms with Gasteiger partial charge in [-0.2, -0.15) is 0 Å². The van der Waals surface area contributed by atoms with Crippen LogP contribution in [0, 0.1) is 0 Å². The quantitative estimate of drug-likeness (QED) is 0.773. The van der Waals surface area contributed by atoms with E-state index in [-0.39, 0.29) is 22.6 Å². The van der Waals surface area contributed by atoms with Crippen LogP contribution in [0.1, 0.15) is 15.9 Å². The Kier molecular flexibility index (Phi) is 4.42. The summed E-state index contributed by atoms with van der Waals surface area (Å²) in [5.74, 6) is -1.54. The third-order valence-electron chi connectivity index (χ3n) is 3.22. The SMILES string of the molecule is CS(=O)(=O)c1cc(O)ccc1C(=O)c1ccc(O)cc1S(C)(=O)=O. The number of sulfone groups is 2. The molecule has 2 rings (SSSR count). The fourth-order valence-corrected chi connectivity index (χ4v) is 3.95. The van der Waals surface area contributed by atoms with E-state index in [9.17, 15) is 31.8 Å². The van der Waals surface area contributed by atoms with Crippen LogP contribution in [0.15, 0.2) is 46.2 Å². The average Bonchev–Trinajstić information content (AvgIpc) is 2.44. The molecule has 0 saturated heterocycles. The summed E-state index contributed by atoms with van der Waals surface area (Å²) in [6.07, 6.45) is 1.74. The van der Waals surface area contributed by atoms with Crippen molar-refractivity contribution in [3.05, 3.63) is 47.5 Å². The molecule has 0 fully saturated rings. The number of aromatic hydroxyl groups is 2. The van der Waals surface area contributed by atoms with Gasteiger partial charge in [-0.25, -0.2) is 16.8 Å². The summed E-state index contributed by atoms with van der Waals surface area (Å²) < 4.78 is 47.4. The molecule has 0 saturated carbocycles. The Hall–Kier alpha value is -2.39. The predicted octanol–water partition coefficient (Wildman–Crippen LogP) is 1.14. The van der Waals surface area contributed by atoms with Crippen molar-refractivity contribution in [2.75, 3.05) is 12.5 Å². The smallest absolute Gasteiger partial charge is 0.195 e. The van der Waals surface area contributed by atoms with Gasteiger partial charge >= 0.3 is 0 Å². The van der Waals surface area contributed by atoms with Crippen LogP contribution in [0.2, 0.25) is 0 Å². The molecule has 0 unspecified atom stereocenters. The molecular weight excluding hydrogens is 356 g/mol. The summed E-state index contributed by atoms with van der Waals surface area (Å²) in [4.78, 5) is 11.9. The minimum absolute atomic E-state index is 0.272. The second-order valence-corrected chi connectivity index (χ2v) is 9.20. The Balaban J connectivity index is 2.77. The minimum Gasteiger partial charge on any atom is -0.508 e. The van der Waals surface area contributed by atoms with Gasteiger partial charge in [0.1, 0.15) is 11.5 Å². The van der Waals surface area contributed by atoms with Crippen LogP contribution in [0.4, 0.5) is 0 Å². The third kappa shape index (κ3) is 3.57. The van der Waals surface area contributed by atoms with E-state index in [1.807, 2.05) is 0 Å². The van der Waals surface area contributed by atoms with Crippen LogP contribution in [0.5, 0.6) is 11.5 Å². The van der Waals surface area contributed by atoms with Gasteiger partial charge in [-0.05, 0) is 36.4 Å². The maximum atomic E-state index is 12.7. The van der Waals surface area contributed by atoms with Gasteiger partial charge in [-0.1, -0.05) is 0 Å². The average molecular weight is 370 g/mol. The number of carbonyl (C=O) groups excluding carboxylic acids is 1. The molecule has 0 radical (unpaired) electrons. The number of hydrogen-bond acceptors (Lipinski definition) is 7. The lowest BCUT2D eigenvalue weighted by Gasteiger charge is -2.11. The Bertz CT molecular complexity index is 952. The molecule has 0 spiro atoms. The normalized spacial score (nSPS) is 12.1. The van der Waals surface area contributed by atoms with Crippen LogP contribution in [-0.2, 0) is 19.7 Å². The maximum absolute atomic E-state index is 12.7. The van der Waals surface area contributed by atoms with Crippen LogP contribution in [0.25, 0.3) is 0 Å². The highest BCUT2D eigenvalue weighted by molar-refractivity contribution is 7.91. The lowest BCUT2D eigenvalue weighted by atomic mass is 10.0. The highest BCUT2D eigenvalue weighted by Gasteiger charge is 2.25. The van der Waals surface area contributed by atoms with E-state index in [4.69, 9.17) is 0 Å². The summed E-state index contributed by atoms with van der Waals surface area (Å²) in [6, 6.07) is 6.30. The largest absolute Gasteiger partial charge is 0.508 e. The molecule has 0 bridgehead atoms. The zero-order chi connectivity index (χ0) is 18.3. The van der Waals surface area contributed by atoms with Gasteiger partial charge in [-0.15, -0.1) is 0 Å². The van der Waals surface area contributed by atoms with Crippen LogP contribution in [0.3, 0.4) is 0 Å². The predicted molar refractivity (Wildman–Crippen MR) is 85.9 cm³/mol. The van der Waals surface area contributed by atoms with Crippen molar-refractivity contribution in [1.29, 1.82) is 0 Å². The lowest BCUT2D eigenvalue weighted by molar-refractivity contribution is 0.103. The molecule has 2 N–H and O–H groups in total. The summed E-state index contributed by atoms with van der Waals surface area (Å²) in [6.45, 7) is 0. The topological polar surface area (TPSA) is 126 Å². The fraction of sp³-hybridized carbons (Fsp3) is 0.133. The first kappa shape index (κ1) is 18.0. The molecule has 0 amide bonds. The number of rotatable bonds is 4. The Morgan fingerprint density at radius 2 is 1.08 bits per heavy atom. The van der Waals surface area contributed by atoms with E-state index < -0.39 is 35.2 Å². The molecule has 0 aromatic heterocycles. The van der Waals surface area contributed by atoms with Crippen LogP contribution < -0.4 is 0 Å². The monoisotopic (exact) mass is 370 g/mol. The summed E-state index contributed by atoms with van der Waals surface area (Å²) in [5.41, 5.74) is -0.545. The van der Waals surface area contributed by atoms with Gasteiger partial charge in [0.05, 0.1) is 9.79 Å². The fourth-order valence-electron chi connectivity index (χ4n) is 2.16. The van der Waals surface area contributed by atoms with Gasteiger partial charge < -0.3 is 10.2 Å². The molecular formula is C15H14O7S2. The van der Waals surface area contributed by atoms with Gasteiger partial charge in [0, 0.05) is 23.6 Å². The van der Waals surface area contributed by atoms with E-state index in [1.165, 1.54) is 0 Å². The Morgan fingerprint density at radius 3 is 1.38 bits per heavy atom. The Labute approximate surface area is 139 Å². The summed E-state index contributed by atoms with van der Waals surface area (Å²) >= 11 is 0. The molecule has 128 valence electrons. The van der Waals surface area contributed by atoms with Gasteiger partial charge in [0.25, 0.3) is 0 Å². The van der Waals surface area contributed by atoms with Crippen molar-refractivity contribution in [3.63, 3.8) is 0 Å². The molecule has 0 heterocycles. The van der Waals surface area contributed by atoms with Gasteiger partial charge in [0.2, 0.25) is 0 Å². The van der Waals surface area contributed by atoms with Gasteiger partial charge in [0.15, 0.2) is 25.5 Å². The molecule has 24 heavy (non-hydrogen) atoms. The van der Waals surface area contributed by atoms with E-state index in [1.54, 1.807) is 0 Å².